The quantitative estimate of drug-likeness (QED) is 0.867. The van der Waals surface area contributed by atoms with Crippen LogP contribution in [0, 0.1) is 11.3 Å². The highest BCUT2D eigenvalue weighted by Crippen LogP contribution is 2.35. The monoisotopic (exact) mass is 306 g/mol. The van der Waals surface area contributed by atoms with Gasteiger partial charge in [-0.15, -0.1) is 5.10 Å². The molecule has 0 atom stereocenters. The van der Waals surface area contributed by atoms with Crippen LogP contribution < -0.4 is 0 Å². The van der Waals surface area contributed by atoms with Crippen molar-refractivity contribution in [2.75, 3.05) is 0 Å². The lowest BCUT2D eigenvalue weighted by Gasteiger charge is -2.10. The first-order valence-corrected chi connectivity index (χ1v) is 7.49. The van der Waals surface area contributed by atoms with E-state index in [1.807, 2.05) is 10.8 Å². The minimum Gasteiger partial charge on any atom is -0.248 e. The first kappa shape index (κ1) is 13.3. The summed E-state index contributed by atoms with van der Waals surface area (Å²) in [5.41, 5.74) is 0.407. The number of nitrogens with zero attached hydrogens (tertiary/aromatic N) is 6. The summed E-state index contributed by atoms with van der Waals surface area (Å²) in [5, 5.41) is 22.4. The summed E-state index contributed by atoms with van der Waals surface area (Å²) in [5.74, 6) is 0. The Hall–Kier alpha value is -1.65. The molecule has 0 aliphatic heterocycles. The summed E-state index contributed by atoms with van der Waals surface area (Å²) in [7, 11) is 0. The maximum absolute atomic E-state index is 8.98. The predicted molar refractivity (Wildman–Crippen MR) is 73.4 cm³/mol. The Balaban J connectivity index is 1.89. The number of pyridine rings is 1. The molecule has 1 saturated carbocycles. The van der Waals surface area contributed by atoms with E-state index in [2.05, 4.69) is 20.5 Å². The minimum atomic E-state index is 0.348. The highest BCUT2D eigenvalue weighted by atomic mass is 35.5. The van der Waals surface area contributed by atoms with E-state index in [1.165, 1.54) is 24.6 Å². The van der Waals surface area contributed by atoms with Gasteiger partial charge in [0.15, 0.2) is 0 Å². The summed E-state index contributed by atoms with van der Waals surface area (Å²) in [6.07, 6.45) is 6.17. The van der Waals surface area contributed by atoms with Crippen molar-refractivity contribution in [2.24, 2.45) is 0 Å². The standard InChI is InChI=1S/C12H11ClN6S/c13-10-8(7-14)5-6-15-11(10)20-12-16-17-18-19(12)9-3-1-2-4-9/h5-6,9H,1-4H2. The molecule has 1 aliphatic carbocycles. The summed E-state index contributed by atoms with van der Waals surface area (Å²) < 4.78 is 1.84. The van der Waals surface area contributed by atoms with Crippen molar-refractivity contribution in [1.82, 2.24) is 25.2 Å². The Bertz CT molecular complexity index is 658. The molecule has 3 rings (SSSR count). The van der Waals surface area contributed by atoms with E-state index in [0.717, 1.165) is 12.8 Å². The second-order valence-electron chi connectivity index (χ2n) is 4.54. The van der Waals surface area contributed by atoms with Crippen molar-refractivity contribution in [3.05, 3.63) is 22.8 Å². The average Bonchev–Trinajstić information content (AvgIpc) is 3.11. The molecule has 1 fully saturated rings. The smallest absolute Gasteiger partial charge is 0.215 e. The fourth-order valence-electron chi connectivity index (χ4n) is 2.30. The number of hydrogen-bond acceptors (Lipinski definition) is 6. The SMILES string of the molecule is N#Cc1ccnc(Sc2nnnn2C2CCCC2)c1Cl. The molecule has 0 amide bonds. The van der Waals surface area contributed by atoms with Crippen LogP contribution in [0.2, 0.25) is 5.02 Å². The van der Waals surface area contributed by atoms with E-state index in [9.17, 15) is 0 Å². The summed E-state index contributed by atoms with van der Waals surface area (Å²) >= 11 is 7.45. The highest BCUT2D eigenvalue weighted by Gasteiger charge is 2.23. The zero-order valence-corrected chi connectivity index (χ0v) is 12.1. The molecule has 20 heavy (non-hydrogen) atoms. The van der Waals surface area contributed by atoms with Crippen LogP contribution in [0.4, 0.5) is 0 Å². The third kappa shape index (κ3) is 2.49. The topological polar surface area (TPSA) is 80.3 Å². The molecule has 1 aliphatic rings. The van der Waals surface area contributed by atoms with Crippen LogP contribution in [0.3, 0.4) is 0 Å². The highest BCUT2D eigenvalue weighted by molar-refractivity contribution is 7.99. The molecule has 8 heteroatoms. The van der Waals surface area contributed by atoms with Gasteiger partial charge in [-0.1, -0.05) is 24.4 Å². The van der Waals surface area contributed by atoms with Gasteiger partial charge in [0.1, 0.15) is 11.1 Å². The van der Waals surface area contributed by atoms with Gasteiger partial charge in [0.2, 0.25) is 5.16 Å². The molecule has 2 aromatic rings. The lowest BCUT2D eigenvalue weighted by atomic mass is 10.3. The molecule has 0 aromatic carbocycles. The molecule has 102 valence electrons. The fourth-order valence-corrected chi connectivity index (χ4v) is 3.41. The average molecular weight is 307 g/mol. The van der Waals surface area contributed by atoms with E-state index in [4.69, 9.17) is 16.9 Å². The van der Waals surface area contributed by atoms with Gasteiger partial charge >= 0.3 is 0 Å². The van der Waals surface area contributed by atoms with Crippen molar-refractivity contribution in [3.63, 3.8) is 0 Å². The molecule has 0 N–H and O–H groups in total. The van der Waals surface area contributed by atoms with E-state index in [-0.39, 0.29) is 0 Å². The van der Waals surface area contributed by atoms with Crippen LogP contribution in [0.25, 0.3) is 0 Å². The van der Waals surface area contributed by atoms with Crippen molar-refractivity contribution in [3.8, 4) is 6.07 Å². The fraction of sp³-hybridized carbons (Fsp3) is 0.417. The number of rotatable bonds is 3. The minimum absolute atomic E-state index is 0.348. The molecule has 2 aromatic heterocycles. The van der Waals surface area contributed by atoms with Crippen LogP contribution in [-0.2, 0) is 0 Å². The number of hydrogen-bond donors (Lipinski definition) is 0. The van der Waals surface area contributed by atoms with Gasteiger partial charge in [-0.05, 0) is 41.1 Å². The Morgan fingerprint density at radius 1 is 1.40 bits per heavy atom. The maximum Gasteiger partial charge on any atom is 0.215 e. The Kier molecular flexibility index (Phi) is 3.85. The van der Waals surface area contributed by atoms with Gasteiger partial charge in [-0.3, -0.25) is 0 Å². The molecule has 6 nitrogen and oxygen atoms in total. The van der Waals surface area contributed by atoms with E-state index >= 15 is 0 Å². The van der Waals surface area contributed by atoms with E-state index in [0.29, 0.717) is 26.8 Å². The van der Waals surface area contributed by atoms with Gasteiger partial charge < -0.3 is 0 Å². The number of tetrazole rings is 1. The Morgan fingerprint density at radius 2 is 2.20 bits per heavy atom. The van der Waals surface area contributed by atoms with Crippen LogP contribution >= 0.6 is 23.4 Å². The Labute approximate surface area is 125 Å². The predicted octanol–water partition coefficient (Wildman–Crippen LogP) is 2.86. The van der Waals surface area contributed by atoms with Gasteiger partial charge in [-0.25, -0.2) is 9.67 Å². The van der Waals surface area contributed by atoms with Crippen molar-refractivity contribution in [1.29, 1.82) is 5.26 Å². The Morgan fingerprint density at radius 3 is 2.95 bits per heavy atom. The van der Waals surface area contributed by atoms with E-state index < -0.39 is 0 Å². The number of halogens is 1. The lowest BCUT2D eigenvalue weighted by Crippen LogP contribution is -2.08. The van der Waals surface area contributed by atoms with Gasteiger partial charge in [0.25, 0.3) is 0 Å². The number of aromatic nitrogens is 5. The third-order valence-electron chi connectivity index (χ3n) is 3.30. The molecule has 0 radical (unpaired) electrons. The molecular formula is C12H11ClN6S. The van der Waals surface area contributed by atoms with Crippen LogP contribution in [0.15, 0.2) is 22.4 Å². The summed E-state index contributed by atoms with van der Waals surface area (Å²) in [6, 6.07) is 3.98. The molecule has 0 spiro atoms. The zero-order chi connectivity index (χ0) is 13.9. The summed E-state index contributed by atoms with van der Waals surface area (Å²) in [6.45, 7) is 0. The first-order valence-electron chi connectivity index (χ1n) is 6.30. The van der Waals surface area contributed by atoms with E-state index in [1.54, 1.807) is 12.3 Å². The summed E-state index contributed by atoms with van der Waals surface area (Å²) in [4.78, 5) is 4.20. The third-order valence-corrected chi connectivity index (χ3v) is 4.75. The largest absolute Gasteiger partial charge is 0.248 e. The maximum atomic E-state index is 8.98. The van der Waals surface area contributed by atoms with Crippen LogP contribution in [0.1, 0.15) is 37.3 Å². The lowest BCUT2D eigenvalue weighted by molar-refractivity contribution is 0.423. The van der Waals surface area contributed by atoms with Crippen molar-refractivity contribution >= 4 is 23.4 Å². The van der Waals surface area contributed by atoms with Crippen LogP contribution in [-0.4, -0.2) is 25.2 Å². The van der Waals surface area contributed by atoms with Gasteiger partial charge in [-0.2, -0.15) is 5.26 Å². The molecule has 2 heterocycles. The second-order valence-corrected chi connectivity index (χ2v) is 5.87. The van der Waals surface area contributed by atoms with Gasteiger partial charge in [0.05, 0.1) is 16.6 Å². The van der Waals surface area contributed by atoms with Crippen molar-refractivity contribution < 1.29 is 0 Å². The molecular weight excluding hydrogens is 296 g/mol. The van der Waals surface area contributed by atoms with Crippen LogP contribution in [0.5, 0.6) is 0 Å². The normalized spacial score (nSPS) is 15.4. The number of nitriles is 1. The molecule has 0 saturated heterocycles. The van der Waals surface area contributed by atoms with Gasteiger partial charge in [0, 0.05) is 6.20 Å². The first-order chi connectivity index (χ1) is 9.79. The van der Waals surface area contributed by atoms with Crippen molar-refractivity contribution in [2.45, 2.75) is 41.9 Å². The zero-order valence-electron chi connectivity index (χ0n) is 10.5. The molecule has 0 unspecified atom stereocenters. The molecule has 0 bridgehead atoms. The second kappa shape index (κ2) is 5.77.